The fourth-order valence-corrected chi connectivity index (χ4v) is 4.02. The molecule has 0 radical (unpaired) electrons. The van der Waals surface area contributed by atoms with Crippen molar-refractivity contribution in [2.75, 3.05) is 47.6 Å². The number of nitrogens with zero attached hydrogens (tertiary/aromatic N) is 2. The fraction of sp³-hybridized carbons (Fsp3) is 0.520. The Morgan fingerprint density at radius 2 is 1.74 bits per heavy atom. The van der Waals surface area contributed by atoms with Crippen LogP contribution in [0.15, 0.2) is 35.7 Å². The van der Waals surface area contributed by atoms with E-state index in [4.69, 9.17) is 14.2 Å². The Hall–Kier alpha value is -2.78. The van der Waals surface area contributed by atoms with Gasteiger partial charge in [0.2, 0.25) is 5.91 Å². The largest absolute Gasteiger partial charge is 0.493 e. The van der Waals surface area contributed by atoms with Gasteiger partial charge >= 0.3 is 6.03 Å². The minimum atomic E-state index is -0.407. The van der Waals surface area contributed by atoms with Gasteiger partial charge in [-0.3, -0.25) is 4.79 Å². The number of ether oxygens (including phenoxy) is 3. The molecule has 8 nitrogen and oxygen atoms in total. The second-order valence-corrected chi connectivity index (χ2v) is 9.96. The normalized spacial score (nSPS) is 11.1. The van der Waals surface area contributed by atoms with Crippen LogP contribution in [0, 0.1) is 0 Å². The first-order valence-electron chi connectivity index (χ1n) is 11.2. The molecule has 1 heterocycles. The molecule has 9 heteroatoms. The summed E-state index contributed by atoms with van der Waals surface area (Å²) in [6.07, 6.45) is 0.643. The average Bonchev–Trinajstić information content (AvgIpc) is 3.30. The van der Waals surface area contributed by atoms with Crippen molar-refractivity contribution in [3.05, 3.63) is 46.2 Å². The number of methoxy groups -OCH3 is 3. The van der Waals surface area contributed by atoms with Crippen molar-refractivity contribution in [2.45, 2.75) is 39.3 Å². The number of benzene rings is 1. The summed E-state index contributed by atoms with van der Waals surface area (Å²) in [6, 6.07) is 9.46. The monoisotopic (exact) mass is 491 g/mol. The van der Waals surface area contributed by atoms with Crippen LogP contribution in [0.3, 0.4) is 0 Å². The quantitative estimate of drug-likeness (QED) is 0.489. The maximum absolute atomic E-state index is 13.4. The molecular weight excluding hydrogens is 454 g/mol. The van der Waals surface area contributed by atoms with Crippen LogP contribution in [-0.2, 0) is 22.5 Å². The smallest absolute Gasteiger partial charge is 0.318 e. The van der Waals surface area contributed by atoms with Gasteiger partial charge in [-0.15, -0.1) is 11.3 Å². The molecule has 0 atom stereocenters. The van der Waals surface area contributed by atoms with E-state index < -0.39 is 5.54 Å². The third kappa shape index (κ3) is 8.87. The van der Waals surface area contributed by atoms with Gasteiger partial charge in [0.1, 0.15) is 6.54 Å². The molecule has 2 aromatic rings. The number of amides is 3. The summed E-state index contributed by atoms with van der Waals surface area (Å²) in [5.74, 6) is 1.20. The Kier molecular flexibility index (Phi) is 10.7. The Morgan fingerprint density at radius 1 is 1.00 bits per heavy atom. The van der Waals surface area contributed by atoms with Crippen LogP contribution in [0.4, 0.5) is 4.79 Å². The predicted molar refractivity (Wildman–Crippen MR) is 135 cm³/mol. The van der Waals surface area contributed by atoms with E-state index >= 15 is 0 Å². The second kappa shape index (κ2) is 13.2. The van der Waals surface area contributed by atoms with Crippen molar-refractivity contribution in [3.63, 3.8) is 0 Å². The molecule has 188 valence electrons. The predicted octanol–water partition coefficient (Wildman–Crippen LogP) is 3.79. The van der Waals surface area contributed by atoms with E-state index in [9.17, 15) is 9.59 Å². The SMILES string of the molecule is COCCN(CC(=O)N(CCc1ccc(OC)c(OC)c1)Cc1cccs1)C(=O)NC(C)(C)C. The van der Waals surface area contributed by atoms with Gasteiger partial charge in [-0.05, 0) is 56.3 Å². The lowest BCUT2D eigenvalue weighted by Gasteiger charge is -2.30. The molecule has 1 aromatic carbocycles. The summed E-state index contributed by atoms with van der Waals surface area (Å²) < 4.78 is 15.9. The fourth-order valence-electron chi connectivity index (χ4n) is 3.30. The summed E-state index contributed by atoms with van der Waals surface area (Å²) in [5, 5.41) is 4.93. The number of thiophene rings is 1. The highest BCUT2D eigenvalue weighted by Gasteiger charge is 2.24. The summed E-state index contributed by atoms with van der Waals surface area (Å²) >= 11 is 1.60. The summed E-state index contributed by atoms with van der Waals surface area (Å²) in [5.41, 5.74) is 0.624. The molecule has 1 N–H and O–H groups in total. The minimum absolute atomic E-state index is 0.0252. The first kappa shape index (κ1) is 27.5. The molecule has 0 saturated heterocycles. The van der Waals surface area contributed by atoms with Crippen molar-refractivity contribution in [2.24, 2.45) is 0 Å². The third-order valence-electron chi connectivity index (χ3n) is 5.06. The van der Waals surface area contributed by atoms with Crippen LogP contribution in [0.2, 0.25) is 0 Å². The van der Waals surface area contributed by atoms with Crippen LogP contribution in [0.5, 0.6) is 11.5 Å². The number of hydrogen-bond acceptors (Lipinski definition) is 6. The molecule has 0 aliphatic heterocycles. The lowest BCUT2D eigenvalue weighted by molar-refractivity contribution is -0.132. The number of rotatable bonds is 12. The molecule has 0 unspecified atom stereocenters. The molecule has 34 heavy (non-hydrogen) atoms. The average molecular weight is 492 g/mol. The molecule has 0 aliphatic rings. The van der Waals surface area contributed by atoms with Gasteiger partial charge in [0, 0.05) is 30.6 Å². The Morgan fingerprint density at radius 3 is 2.32 bits per heavy atom. The van der Waals surface area contributed by atoms with Crippen molar-refractivity contribution >= 4 is 23.3 Å². The van der Waals surface area contributed by atoms with Gasteiger partial charge in [-0.2, -0.15) is 0 Å². The van der Waals surface area contributed by atoms with Crippen molar-refractivity contribution in [3.8, 4) is 11.5 Å². The minimum Gasteiger partial charge on any atom is -0.493 e. The molecule has 0 fully saturated rings. The van der Waals surface area contributed by atoms with Crippen LogP contribution < -0.4 is 14.8 Å². The number of urea groups is 1. The standard InChI is InChI=1S/C25H37N3O5S/c1-25(2,3)26-24(30)28(13-14-31-4)18-23(29)27(17-20-8-7-15-34-20)12-11-19-9-10-21(32-5)22(16-19)33-6/h7-10,15-16H,11-14,17-18H2,1-6H3,(H,26,30). The van der Waals surface area contributed by atoms with Gasteiger partial charge in [-0.25, -0.2) is 4.79 Å². The van der Waals surface area contributed by atoms with Crippen LogP contribution in [0.1, 0.15) is 31.2 Å². The number of carbonyl (C=O) groups excluding carboxylic acids is 2. The van der Waals surface area contributed by atoms with Gasteiger partial charge in [0.25, 0.3) is 0 Å². The van der Waals surface area contributed by atoms with E-state index in [1.165, 1.54) is 4.90 Å². The lowest BCUT2D eigenvalue weighted by Crippen LogP contribution is -2.52. The molecular formula is C25H37N3O5S. The molecule has 0 bridgehead atoms. The van der Waals surface area contributed by atoms with E-state index in [0.717, 1.165) is 10.4 Å². The summed E-state index contributed by atoms with van der Waals surface area (Å²) in [6.45, 7) is 7.37. The zero-order valence-electron chi connectivity index (χ0n) is 21.1. The van der Waals surface area contributed by atoms with Gasteiger partial charge < -0.3 is 29.3 Å². The Balaban J connectivity index is 2.16. The number of hydrogen-bond donors (Lipinski definition) is 1. The molecule has 2 rings (SSSR count). The van der Waals surface area contributed by atoms with Gasteiger partial charge in [0.05, 0.1) is 27.4 Å². The molecule has 0 saturated carbocycles. The highest BCUT2D eigenvalue weighted by molar-refractivity contribution is 7.09. The first-order chi connectivity index (χ1) is 16.2. The molecule has 3 amide bonds. The van der Waals surface area contributed by atoms with E-state index in [-0.39, 0.29) is 18.5 Å². The third-order valence-corrected chi connectivity index (χ3v) is 5.92. The second-order valence-electron chi connectivity index (χ2n) is 8.93. The highest BCUT2D eigenvalue weighted by Crippen LogP contribution is 2.28. The molecule has 1 aromatic heterocycles. The maximum Gasteiger partial charge on any atom is 0.318 e. The topological polar surface area (TPSA) is 80.3 Å². The van der Waals surface area contributed by atoms with E-state index in [2.05, 4.69) is 5.32 Å². The van der Waals surface area contributed by atoms with Crippen molar-refractivity contribution in [1.29, 1.82) is 0 Å². The highest BCUT2D eigenvalue weighted by atomic mass is 32.1. The summed E-state index contributed by atoms with van der Waals surface area (Å²) in [4.78, 5) is 30.6. The lowest BCUT2D eigenvalue weighted by atomic mass is 10.1. The maximum atomic E-state index is 13.4. The van der Waals surface area contributed by atoms with E-state index in [1.54, 1.807) is 37.6 Å². The number of carbonyl (C=O) groups is 2. The summed E-state index contributed by atoms with van der Waals surface area (Å²) in [7, 11) is 4.78. The number of nitrogens with one attached hydrogen (secondary N) is 1. The zero-order chi connectivity index (χ0) is 25.1. The van der Waals surface area contributed by atoms with Crippen LogP contribution >= 0.6 is 11.3 Å². The Bertz CT molecular complexity index is 912. The van der Waals surface area contributed by atoms with E-state index in [1.807, 2.05) is 56.5 Å². The zero-order valence-corrected chi connectivity index (χ0v) is 21.9. The van der Waals surface area contributed by atoms with E-state index in [0.29, 0.717) is 44.2 Å². The Labute approximate surface area is 206 Å². The van der Waals surface area contributed by atoms with Crippen LogP contribution in [-0.4, -0.2) is 74.8 Å². The van der Waals surface area contributed by atoms with Gasteiger partial charge in [0.15, 0.2) is 11.5 Å². The molecule has 0 aliphatic carbocycles. The molecule has 0 spiro atoms. The van der Waals surface area contributed by atoms with Crippen molar-refractivity contribution < 1.29 is 23.8 Å². The van der Waals surface area contributed by atoms with Gasteiger partial charge in [-0.1, -0.05) is 12.1 Å². The van der Waals surface area contributed by atoms with Crippen molar-refractivity contribution in [1.82, 2.24) is 15.1 Å². The van der Waals surface area contributed by atoms with Crippen LogP contribution in [0.25, 0.3) is 0 Å². The first-order valence-corrected chi connectivity index (χ1v) is 12.1.